The highest BCUT2D eigenvalue weighted by Crippen LogP contribution is 2.28. The zero-order valence-corrected chi connectivity index (χ0v) is 11.0. The summed E-state index contributed by atoms with van der Waals surface area (Å²) in [5, 5.41) is 4.30. The van der Waals surface area contributed by atoms with Crippen molar-refractivity contribution in [2.45, 2.75) is 12.8 Å². The van der Waals surface area contributed by atoms with E-state index in [1.54, 1.807) is 12.4 Å². The molecule has 2 aromatic rings. The summed E-state index contributed by atoms with van der Waals surface area (Å²) in [6, 6.07) is 13.6. The first-order valence-corrected chi connectivity index (χ1v) is 6.68. The van der Waals surface area contributed by atoms with E-state index in [9.17, 15) is 4.79 Å². The predicted octanol–water partition coefficient (Wildman–Crippen LogP) is 2.36. The van der Waals surface area contributed by atoms with E-state index >= 15 is 0 Å². The fraction of sp³-hybridized carbons (Fsp3) is 0.188. The molecule has 3 rings (SSSR count). The molecule has 1 fully saturated rings. The lowest BCUT2D eigenvalue weighted by atomic mass is 10.0. The molecule has 0 spiro atoms. The lowest BCUT2D eigenvalue weighted by molar-refractivity contribution is -0.122. The summed E-state index contributed by atoms with van der Waals surface area (Å²) < 4.78 is 0. The highest BCUT2D eigenvalue weighted by Gasteiger charge is 2.29. The number of hydrogen-bond donors (Lipinski definition) is 1. The summed E-state index contributed by atoms with van der Waals surface area (Å²) in [6.07, 6.45) is 5.40. The summed E-state index contributed by atoms with van der Waals surface area (Å²) in [5.74, 6) is 0.145. The molecule has 0 bridgehead atoms. The molecule has 100 valence electrons. The van der Waals surface area contributed by atoms with Crippen LogP contribution in [0.15, 0.2) is 60.0 Å². The first-order chi connectivity index (χ1) is 9.84. The molecule has 4 heteroatoms. The van der Waals surface area contributed by atoms with Gasteiger partial charge in [0.05, 0.1) is 5.71 Å². The fourth-order valence-corrected chi connectivity index (χ4v) is 1.94. The number of hydrazone groups is 1. The first kappa shape index (κ1) is 12.5. The molecule has 1 aromatic carbocycles. The van der Waals surface area contributed by atoms with Crippen LogP contribution in [0.2, 0.25) is 0 Å². The van der Waals surface area contributed by atoms with Crippen molar-refractivity contribution in [1.82, 2.24) is 10.4 Å². The van der Waals surface area contributed by atoms with Crippen LogP contribution in [0.25, 0.3) is 0 Å². The SMILES string of the molecule is O=C(N/N=C(\c1ccccc1)c1cccnc1)C1CC1. The van der Waals surface area contributed by atoms with E-state index in [0.717, 1.165) is 29.7 Å². The summed E-state index contributed by atoms with van der Waals surface area (Å²) in [7, 11) is 0. The topological polar surface area (TPSA) is 54.4 Å². The van der Waals surface area contributed by atoms with E-state index in [1.807, 2.05) is 42.5 Å². The van der Waals surface area contributed by atoms with Crippen LogP contribution < -0.4 is 5.43 Å². The monoisotopic (exact) mass is 265 g/mol. The molecule has 0 unspecified atom stereocenters. The second-order valence-corrected chi connectivity index (χ2v) is 4.82. The number of benzene rings is 1. The lowest BCUT2D eigenvalue weighted by Crippen LogP contribution is -2.21. The number of nitrogens with one attached hydrogen (secondary N) is 1. The van der Waals surface area contributed by atoms with Crippen LogP contribution in [-0.2, 0) is 4.79 Å². The molecule has 1 amide bonds. The third-order valence-corrected chi connectivity index (χ3v) is 3.21. The highest BCUT2D eigenvalue weighted by molar-refractivity contribution is 6.12. The Morgan fingerprint density at radius 2 is 1.85 bits per heavy atom. The van der Waals surface area contributed by atoms with Gasteiger partial charge in [-0.3, -0.25) is 9.78 Å². The van der Waals surface area contributed by atoms with Gasteiger partial charge in [0.25, 0.3) is 0 Å². The van der Waals surface area contributed by atoms with Crippen molar-refractivity contribution in [2.24, 2.45) is 11.0 Å². The molecule has 1 aliphatic rings. The largest absolute Gasteiger partial charge is 0.273 e. The Kier molecular flexibility index (Phi) is 3.54. The minimum absolute atomic E-state index is 0.00215. The Labute approximate surface area is 117 Å². The summed E-state index contributed by atoms with van der Waals surface area (Å²) in [5.41, 5.74) is 5.23. The van der Waals surface area contributed by atoms with Crippen LogP contribution in [0.5, 0.6) is 0 Å². The minimum Gasteiger partial charge on any atom is -0.273 e. The Morgan fingerprint density at radius 3 is 2.50 bits per heavy atom. The second-order valence-electron chi connectivity index (χ2n) is 4.82. The number of hydrogen-bond acceptors (Lipinski definition) is 3. The maximum absolute atomic E-state index is 11.7. The van der Waals surface area contributed by atoms with Gasteiger partial charge in [0.1, 0.15) is 0 Å². The van der Waals surface area contributed by atoms with Crippen molar-refractivity contribution in [2.75, 3.05) is 0 Å². The summed E-state index contributed by atoms with van der Waals surface area (Å²) in [6.45, 7) is 0. The second kappa shape index (κ2) is 5.65. The summed E-state index contributed by atoms with van der Waals surface area (Å²) >= 11 is 0. The number of aromatic nitrogens is 1. The van der Waals surface area contributed by atoms with Crippen molar-refractivity contribution in [3.8, 4) is 0 Å². The van der Waals surface area contributed by atoms with Gasteiger partial charge in [-0.15, -0.1) is 0 Å². The van der Waals surface area contributed by atoms with Gasteiger partial charge in [-0.2, -0.15) is 5.10 Å². The van der Waals surface area contributed by atoms with Gasteiger partial charge in [0.2, 0.25) is 5.91 Å². The molecule has 1 saturated carbocycles. The maximum Gasteiger partial charge on any atom is 0.243 e. The number of nitrogens with zero attached hydrogens (tertiary/aromatic N) is 2. The molecule has 1 aromatic heterocycles. The van der Waals surface area contributed by atoms with Crippen molar-refractivity contribution in [3.63, 3.8) is 0 Å². The molecule has 4 nitrogen and oxygen atoms in total. The van der Waals surface area contributed by atoms with Gasteiger partial charge in [-0.25, -0.2) is 5.43 Å². The average molecular weight is 265 g/mol. The van der Waals surface area contributed by atoms with Crippen molar-refractivity contribution >= 4 is 11.6 Å². The first-order valence-electron chi connectivity index (χ1n) is 6.68. The van der Waals surface area contributed by atoms with E-state index in [0.29, 0.717) is 0 Å². The third-order valence-electron chi connectivity index (χ3n) is 3.21. The van der Waals surface area contributed by atoms with Gasteiger partial charge >= 0.3 is 0 Å². The zero-order valence-electron chi connectivity index (χ0n) is 11.0. The molecule has 20 heavy (non-hydrogen) atoms. The number of rotatable bonds is 4. The number of carbonyl (C=O) groups is 1. The molecule has 0 saturated heterocycles. The van der Waals surface area contributed by atoms with Crippen LogP contribution in [0.3, 0.4) is 0 Å². The van der Waals surface area contributed by atoms with E-state index < -0.39 is 0 Å². The smallest absolute Gasteiger partial charge is 0.243 e. The maximum atomic E-state index is 11.7. The average Bonchev–Trinajstić information content (AvgIpc) is 3.34. The van der Waals surface area contributed by atoms with Crippen LogP contribution >= 0.6 is 0 Å². The van der Waals surface area contributed by atoms with Crippen LogP contribution in [-0.4, -0.2) is 16.6 Å². The van der Waals surface area contributed by atoms with E-state index in [2.05, 4.69) is 15.5 Å². The number of pyridine rings is 1. The zero-order chi connectivity index (χ0) is 13.8. The Bertz CT molecular complexity index is 577. The molecule has 0 atom stereocenters. The predicted molar refractivity (Wildman–Crippen MR) is 77.2 cm³/mol. The molecule has 1 N–H and O–H groups in total. The molecule has 0 aliphatic heterocycles. The quantitative estimate of drug-likeness (QED) is 0.681. The normalized spacial score (nSPS) is 14.9. The van der Waals surface area contributed by atoms with E-state index in [1.165, 1.54) is 0 Å². The van der Waals surface area contributed by atoms with Gasteiger partial charge in [0.15, 0.2) is 0 Å². The van der Waals surface area contributed by atoms with Gasteiger partial charge in [-0.05, 0) is 25.0 Å². The molecular weight excluding hydrogens is 250 g/mol. The number of amides is 1. The van der Waals surface area contributed by atoms with Crippen LogP contribution in [0.4, 0.5) is 0 Å². The molecular formula is C16H15N3O. The summed E-state index contributed by atoms with van der Waals surface area (Å²) in [4.78, 5) is 15.9. The fourth-order valence-electron chi connectivity index (χ4n) is 1.94. The van der Waals surface area contributed by atoms with E-state index in [-0.39, 0.29) is 11.8 Å². The molecule has 1 aliphatic carbocycles. The van der Waals surface area contributed by atoms with Crippen molar-refractivity contribution in [1.29, 1.82) is 0 Å². The van der Waals surface area contributed by atoms with Crippen molar-refractivity contribution in [3.05, 3.63) is 66.0 Å². The molecule has 1 heterocycles. The van der Waals surface area contributed by atoms with E-state index in [4.69, 9.17) is 0 Å². The third kappa shape index (κ3) is 2.91. The van der Waals surface area contributed by atoms with Crippen LogP contribution in [0, 0.1) is 5.92 Å². The Balaban J connectivity index is 1.91. The van der Waals surface area contributed by atoms with Crippen LogP contribution in [0.1, 0.15) is 24.0 Å². The Morgan fingerprint density at radius 1 is 1.10 bits per heavy atom. The highest BCUT2D eigenvalue weighted by atomic mass is 16.2. The van der Waals surface area contributed by atoms with Gasteiger partial charge in [-0.1, -0.05) is 30.3 Å². The minimum atomic E-state index is 0.00215. The van der Waals surface area contributed by atoms with Gasteiger partial charge < -0.3 is 0 Å². The van der Waals surface area contributed by atoms with Crippen molar-refractivity contribution < 1.29 is 4.79 Å². The molecule has 0 radical (unpaired) electrons. The number of carbonyl (C=O) groups excluding carboxylic acids is 1. The lowest BCUT2D eigenvalue weighted by Gasteiger charge is -2.07. The van der Waals surface area contributed by atoms with Gasteiger partial charge in [0, 0.05) is 29.4 Å². The Hall–Kier alpha value is -2.49. The standard InChI is InChI=1S/C16H15N3O/c20-16(13-8-9-13)19-18-15(12-5-2-1-3-6-12)14-7-4-10-17-11-14/h1-7,10-11,13H,8-9H2,(H,19,20)/b18-15+.